The van der Waals surface area contributed by atoms with Crippen molar-refractivity contribution in [1.82, 2.24) is 0 Å². The summed E-state index contributed by atoms with van der Waals surface area (Å²) >= 11 is 6.07. The van der Waals surface area contributed by atoms with Gasteiger partial charge in [0.25, 0.3) is 0 Å². The molecule has 0 saturated carbocycles. The van der Waals surface area contributed by atoms with Gasteiger partial charge in [0.1, 0.15) is 29.6 Å². The normalized spacial score (nSPS) is 11.6. The second kappa shape index (κ2) is 8.45. The smallest absolute Gasteiger partial charge is 0.127 e. The number of ether oxygens (including phenoxy) is 2. The molecule has 0 aromatic heterocycles. The van der Waals surface area contributed by atoms with Crippen LogP contribution in [0, 0.1) is 0 Å². The SMILES string of the molecule is C=CC(Cl)c1ccc(COc2ccc(Oc3ccccc3)cc2)cc1O. The number of phenols is 1. The van der Waals surface area contributed by atoms with E-state index < -0.39 is 5.38 Å². The molecule has 3 rings (SSSR count). The fraction of sp³-hybridized carbons (Fsp3) is 0.0909. The Bertz CT molecular complexity index is 860. The number of alkyl halides is 1. The summed E-state index contributed by atoms with van der Waals surface area (Å²) in [5.41, 5.74) is 1.48. The highest BCUT2D eigenvalue weighted by molar-refractivity contribution is 6.22. The zero-order valence-electron chi connectivity index (χ0n) is 14.1. The molecule has 0 amide bonds. The number of para-hydroxylation sites is 1. The third-order valence-electron chi connectivity index (χ3n) is 3.81. The van der Waals surface area contributed by atoms with Gasteiger partial charge in [0.2, 0.25) is 0 Å². The van der Waals surface area contributed by atoms with E-state index in [1.54, 1.807) is 18.2 Å². The summed E-state index contributed by atoms with van der Waals surface area (Å²) in [6.07, 6.45) is 1.58. The molecule has 0 bridgehead atoms. The molecule has 3 aromatic rings. The number of benzene rings is 3. The second-order valence-electron chi connectivity index (χ2n) is 5.71. The molecule has 1 N–H and O–H groups in total. The van der Waals surface area contributed by atoms with E-state index in [9.17, 15) is 5.11 Å². The number of rotatable bonds is 7. The first-order chi connectivity index (χ1) is 12.7. The Labute approximate surface area is 158 Å². The van der Waals surface area contributed by atoms with Crippen LogP contribution < -0.4 is 9.47 Å². The molecule has 1 unspecified atom stereocenters. The Morgan fingerprint density at radius 3 is 2.23 bits per heavy atom. The maximum atomic E-state index is 10.1. The lowest BCUT2D eigenvalue weighted by Crippen LogP contribution is -1.97. The number of allylic oxidation sites excluding steroid dienone is 1. The van der Waals surface area contributed by atoms with Crippen LogP contribution in [0.5, 0.6) is 23.0 Å². The molecule has 26 heavy (non-hydrogen) atoms. The molecule has 0 aliphatic heterocycles. The van der Waals surface area contributed by atoms with Crippen LogP contribution in [0.3, 0.4) is 0 Å². The van der Waals surface area contributed by atoms with E-state index in [0.29, 0.717) is 12.2 Å². The zero-order valence-corrected chi connectivity index (χ0v) is 14.9. The summed E-state index contributed by atoms with van der Waals surface area (Å²) in [6.45, 7) is 3.97. The van der Waals surface area contributed by atoms with E-state index in [1.807, 2.05) is 60.7 Å². The number of hydrogen-bond acceptors (Lipinski definition) is 3. The lowest BCUT2D eigenvalue weighted by molar-refractivity contribution is 0.305. The molecular formula is C22H19ClO3. The van der Waals surface area contributed by atoms with Gasteiger partial charge in [0.05, 0.1) is 5.38 Å². The van der Waals surface area contributed by atoms with E-state index in [4.69, 9.17) is 21.1 Å². The highest BCUT2D eigenvalue weighted by Crippen LogP contribution is 2.31. The minimum absolute atomic E-state index is 0.137. The zero-order chi connectivity index (χ0) is 18.4. The van der Waals surface area contributed by atoms with Gasteiger partial charge >= 0.3 is 0 Å². The quantitative estimate of drug-likeness (QED) is 0.398. The molecule has 0 heterocycles. The summed E-state index contributed by atoms with van der Waals surface area (Å²) in [5, 5.41) is 9.65. The maximum absolute atomic E-state index is 10.1. The van der Waals surface area contributed by atoms with Gasteiger partial charge in [-0.15, -0.1) is 18.2 Å². The molecule has 0 saturated heterocycles. The van der Waals surface area contributed by atoms with Crippen molar-refractivity contribution in [2.24, 2.45) is 0 Å². The van der Waals surface area contributed by atoms with Crippen molar-refractivity contribution < 1.29 is 14.6 Å². The van der Waals surface area contributed by atoms with Crippen LogP contribution in [-0.4, -0.2) is 5.11 Å². The molecule has 0 fully saturated rings. The average molecular weight is 367 g/mol. The van der Waals surface area contributed by atoms with E-state index >= 15 is 0 Å². The monoisotopic (exact) mass is 366 g/mol. The fourth-order valence-corrected chi connectivity index (χ4v) is 2.62. The standard InChI is InChI=1S/C22H19ClO3/c1-2-21(23)20-13-8-16(14-22(20)24)15-25-17-9-11-19(12-10-17)26-18-6-4-3-5-7-18/h2-14,21,24H,1,15H2. The number of hydrogen-bond donors (Lipinski definition) is 1. The van der Waals surface area contributed by atoms with E-state index in [0.717, 1.165) is 22.8 Å². The highest BCUT2D eigenvalue weighted by atomic mass is 35.5. The van der Waals surface area contributed by atoms with E-state index in [2.05, 4.69) is 6.58 Å². The molecular weight excluding hydrogens is 348 g/mol. The van der Waals surface area contributed by atoms with Gasteiger partial charge in [-0.1, -0.05) is 36.4 Å². The van der Waals surface area contributed by atoms with Crippen LogP contribution in [0.4, 0.5) is 0 Å². The summed E-state index contributed by atoms with van der Waals surface area (Å²) in [6, 6.07) is 22.3. The predicted octanol–water partition coefficient (Wildman–Crippen LogP) is 6.23. The molecule has 0 aliphatic carbocycles. The molecule has 0 radical (unpaired) electrons. The van der Waals surface area contributed by atoms with Crippen molar-refractivity contribution >= 4 is 11.6 Å². The van der Waals surface area contributed by atoms with Crippen LogP contribution in [0.15, 0.2) is 85.5 Å². The van der Waals surface area contributed by atoms with Gasteiger partial charge in [0.15, 0.2) is 0 Å². The predicted molar refractivity (Wildman–Crippen MR) is 104 cm³/mol. The Morgan fingerprint density at radius 2 is 1.58 bits per heavy atom. The largest absolute Gasteiger partial charge is 0.508 e. The van der Waals surface area contributed by atoms with Crippen molar-refractivity contribution in [3.8, 4) is 23.0 Å². The van der Waals surface area contributed by atoms with Crippen molar-refractivity contribution in [2.75, 3.05) is 0 Å². The van der Waals surface area contributed by atoms with Crippen molar-refractivity contribution in [3.63, 3.8) is 0 Å². The van der Waals surface area contributed by atoms with Gasteiger partial charge in [-0.2, -0.15) is 0 Å². The number of aromatic hydroxyl groups is 1. The third kappa shape index (κ3) is 4.58. The first kappa shape index (κ1) is 17.9. The summed E-state index contributed by atoms with van der Waals surface area (Å²) in [5.74, 6) is 2.38. The topological polar surface area (TPSA) is 38.7 Å². The van der Waals surface area contributed by atoms with E-state index in [-0.39, 0.29) is 5.75 Å². The Hall–Kier alpha value is -2.91. The molecule has 1 atom stereocenters. The maximum Gasteiger partial charge on any atom is 0.127 e. The molecule has 3 nitrogen and oxygen atoms in total. The Morgan fingerprint density at radius 1 is 0.923 bits per heavy atom. The average Bonchev–Trinajstić information content (AvgIpc) is 2.68. The Kier molecular flexibility index (Phi) is 5.82. The van der Waals surface area contributed by atoms with Crippen molar-refractivity contribution in [1.29, 1.82) is 0 Å². The summed E-state index contributed by atoms with van der Waals surface area (Å²) in [7, 11) is 0. The lowest BCUT2D eigenvalue weighted by Gasteiger charge is -2.11. The second-order valence-corrected chi connectivity index (χ2v) is 6.18. The van der Waals surface area contributed by atoms with Gasteiger partial charge < -0.3 is 14.6 Å². The third-order valence-corrected chi connectivity index (χ3v) is 4.22. The minimum Gasteiger partial charge on any atom is -0.508 e. The minimum atomic E-state index is -0.415. The molecule has 0 spiro atoms. The van der Waals surface area contributed by atoms with Crippen LogP contribution >= 0.6 is 11.6 Å². The van der Waals surface area contributed by atoms with Crippen molar-refractivity contribution in [3.05, 3.63) is 96.6 Å². The molecule has 4 heteroatoms. The molecule has 132 valence electrons. The first-order valence-electron chi connectivity index (χ1n) is 8.20. The van der Waals surface area contributed by atoms with Crippen LogP contribution in [0.2, 0.25) is 0 Å². The lowest BCUT2D eigenvalue weighted by atomic mass is 10.1. The first-order valence-corrected chi connectivity index (χ1v) is 8.63. The van der Waals surface area contributed by atoms with Crippen LogP contribution in [0.25, 0.3) is 0 Å². The molecule has 0 aliphatic rings. The summed E-state index contributed by atoms with van der Waals surface area (Å²) in [4.78, 5) is 0. The molecule has 3 aromatic carbocycles. The van der Waals surface area contributed by atoms with E-state index in [1.165, 1.54) is 0 Å². The number of halogens is 1. The van der Waals surface area contributed by atoms with Gasteiger partial charge in [0, 0.05) is 5.56 Å². The number of phenolic OH excluding ortho intramolecular Hbond substituents is 1. The van der Waals surface area contributed by atoms with Gasteiger partial charge in [-0.25, -0.2) is 0 Å². The highest BCUT2D eigenvalue weighted by Gasteiger charge is 2.10. The van der Waals surface area contributed by atoms with Crippen molar-refractivity contribution in [2.45, 2.75) is 12.0 Å². The Balaban J connectivity index is 1.59. The van der Waals surface area contributed by atoms with Gasteiger partial charge in [-0.3, -0.25) is 0 Å². The van der Waals surface area contributed by atoms with Gasteiger partial charge in [-0.05, 0) is 48.0 Å². The fourth-order valence-electron chi connectivity index (χ4n) is 2.43. The summed E-state index contributed by atoms with van der Waals surface area (Å²) < 4.78 is 11.5. The van der Waals surface area contributed by atoms with Crippen LogP contribution in [0.1, 0.15) is 16.5 Å². The van der Waals surface area contributed by atoms with Crippen LogP contribution in [-0.2, 0) is 6.61 Å².